The Bertz CT molecular complexity index is 1230. The molecule has 0 aliphatic heterocycles. The first kappa shape index (κ1) is 17.7. The van der Waals surface area contributed by atoms with E-state index in [4.69, 9.17) is 4.98 Å². The lowest BCUT2D eigenvalue weighted by Crippen LogP contribution is -1.97. The first-order chi connectivity index (χ1) is 12.8. The highest BCUT2D eigenvalue weighted by Gasteiger charge is 2.15. The molecule has 0 spiro atoms. The third kappa shape index (κ3) is 2.56. The second-order valence-electron chi connectivity index (χ2n) is 7.97. The molecular weight excluding hydrogens is 326 g/mol. The van der Waals surface area contributed by atoms with Crippen LogP contribution in [0.25, 0.3) is 32.8 Å². The van der Waals surface area contributed by atoms with Gasteiger partial charge in [-0.1, -0.05) is 18.2 Å². The normalized spacial score (nSPS) is 11.5. The summed E-state index contributed by atoms with van der Waals surface area (Å²) in [5, 5.41) is 5.20. The molecule has 4 rings (SSSR count). The van der Waals surface area contributed by atoms with Crippen LogP contribution in [-0.2, 0) is 0 Å². The van der Waals surface area contributed by atoms with Crippen LogP contribution in [0.3, 0.4) is 0 Å². The smallest absolute Gasteiger partial charge is 0.0783 e. The summed E-state index contributed by atoms with van der Waals surface area (Å²) in [4.78, 5) is 4.82. The summed E-state index contributed by atoms with van der Waals surface area (Å²) in [6, 6.07) is 11.3. The minimum absolute atomic E-state index is 1.09. The number of rotatable bonds is 1. The van der Waals surface area contributed by atoms with Gasteiger partial charge in [0.1, 0.15) is 0 Å². The standard InChI is InChI=1S/C26H27N/c1-14-12-24(20(7)18(5)16(14)3)26-23-9-8-21-19(6)17(4)15(2)13-25(21)22(23)10-11-27-26/h8-13H,1-7H3. The largest absolute Gasteiger partial charge is 0.256 e. The van der Waals surface area contributed by atoms with Crippen molar-refractivity contribution in [3.63, 3.8) is 0 Å². The van der Waals surface area contributed by atoms with Crippen molar-refractivity contribution in [2.45, 2.75) is 48.5 Å². The van der Waals surface area contributed by atoms with Gasteiger partial charge < -0.3 is 0 Å². The zero-order valence-electron chi connectivity index (χ0n) is 17.4. The van der Waals surface area contributed by atoms with E-state index in [0.29, 0.717) is 0 Å². The van der Waals surface area contributed by atoms with E-state index in [9.17, 15) is 0 Å². The lowest BCUT2D eigenvalue weighted by atomic mass is 9.89. The number of aryl methyl sites for hydroxylation is 3. The maximum absolute atomic E-state index is 4.82. The van der Waals surface area contributed by atoms with E-state index in [1.807, 2.05) is 6.20 Å². The second-order valence-corrected chi connectivity index (χ2v) is 7.97. The Hall–Kier alpha value is -2.67. The number of aromatic nitrogens is 1. The first-order valence-corrected chi connectivity index (χ1v) is 9.67. The Labute approximate surface area is 162 Å². The topological polar surface area (TPSA) is 12.9 Å². The first-order valence-electron chi connectivity index (χ1n) is 9.67. The fraction of sp³-hybridized carbons (Fsp3) is 0.269. The summed E-state index contributed by atoms with van der Waals surface area (Å²) in [5.41, 5.74) is 11.9. The molecule has 0 atom stereocenters. The Balaban J connectivity index is 2.12. The third-order valence-electron chi connectivity index (χ3n) is 6.64. The van der Waals surface area contributed by atoms with Gasteiger partial charge in [-0.3, -0.25) is 4.98 Å². The third-order valence-corrected chi connectivity index (χ3v) is 6.64. The molecular formula is C26H27N. The maximum Gasteiger partial charge on any atom is 0.0783 e. The number of nitrogens with zero attached hydrogens (tertiary/aromatic N) is 1. The summed E-state index contributed by atoms with van der Waals surface area (Å²) < 4.78 is 0. The van der Waals surface area contributed by atoms with Crippen LogP contribution in [0.5, 0.6) is 0 Å². The summed E-state index contributed by atoms with van der Waals surface area (Å²) in [7, 11) is 0. The van der Waals surface area contributed by atoms with Crippen LogP contribution < -0.4 is 0 Å². The predicted octanol–water partition coefficient (Wildman–Crippen LogP) is 7.21. The van der Waals surface area contributed by atoms with Gasteiger partial charge in [0.25, 0.3) is 0 Å². The Morgan fingerprint density at radius 2 is 1.15 bits per heavy atom. The monoisotopic (exact) mass is 353 g/mol. The summed E-state index contributed by atoms with van der Waals surface area (Å²) in [6.07, 6.45) is 1.96. The molecule has 4 aromatic rings. The van der Waals surface area contributed by atoms with Crippen LogP contribution in [0, 0.1) is 48.5 Å². The maximum atomic E-state index is 4.82. The van der Waals surface area contributed by atoms with Crippen molar-refractivity contribution in [2.75, 3.05) is 0 Å². The zero-order valence-corrected chi connectivity index (χ0v) is 17.4. The fourth-order valence-electron chi connectivity index (χ4n) is 4.26. The van der Waals surface area contributed by atoms with Crippen molar-refractivity contribution < 1.29 is 0 Å². The van der Waals surface area contributed by atoms with Gasteiger partial charge in [0, 0.05) is 17.1 Å². The van der Waals surface area contributed by atoms with Crippen molar-refractivity contribution in [2.24, 2.45) is 0 Å². The molecule has 3 aromatic carbocycles. The average molecular weight is 354 g/mol. The quantitative estimate of drug-likeness (QED) is 0.329. The fourth-order valence-corrected chi connectivity index (χ4v) is 4.26. The second kappa shape index (κ2) is 6.20. The van der Waals surface area contributed by atoms with Gasteiger partial charge in [-0.15, -0.1) is 0 Å². The molecule has 1 heteroatoms. The van der Waals surface area contributed by atoms with E-state index < -0.39 is 0 Å². The van der Waals surface area contributed by atoms with E-state index in [0.717, 1.165) is 5.69 Å². The van der Waals surface area contributed by atoms with Crippen LogP contribution in [0.4, 0.5) is 0 Å². The number of hydrogen-bond donors (Lipinski definition) is 0. The molecule has 1 nitrogen and oxygen atoms in total. The lowest BCUT2D eigenvalue weighted by Gasteiger charge is -2.17. The van der Waals surface area contributed by atoms with Gasteiger partial charge >= 0.3 is 0 Å². The van der Waals surface area contributed by atoms with Gasteiger partial charge in [-0.25, -0.2) is 0 Å². The van der Waals surface area contributed by atoms with E-state index in [2.05, 4.69) is 78.8 Å². The van der Waals surface area contributed by atoms with Crippen molar-refractivity contribution in [1.82, 2.24) is 4.98 Å². The van der Waals surface area contributed by atoms with Crippen LogP contribution in [0.15, 0.2) is 36.5 Å². The molecule has 0 aliphatic rings. The number of hydrogen-bond acceptors (Lipinski definition) is 1. The van der Waals surface area contributed by atoms with Crippen LogP contribution >= 0.6 is 0 Å². The van der Waals surface area contributed by atoms with Gasteiger partial charge in [0.05, 0.1) is 5.69 Å². The molecule has 0 bridgehead atoms. The zero-order chi connectivity index (χ0) is 19.5. The molecule has 0 saturated carbocycles. The molecule has 136 valence electrons. The predicted molar refractivity (Wildman–Crippen MR) is 118 cm³/mol. The van der Waals surface area contributed by atoms with Gasteiger partial charge in [0.2, 0.25) is 0 Å². The molecule has 0 fully saturated rings. The van der Waals surface area contributed by atoms with E-state index in [1.54, 1.807) is 0 Å². The van der Waals surface area contributed by atoms with Crippen molar-refractivity contribution in [3.8, 4) is 11.3 Å². The highest BCUT2D eigenvalue weighted by Crippen LogP contribution is 2.37. The molecule has 0 aliphatic carbocycles. The van der Waals surface area contributed by atoms with Crippen molar-refractivity contribution in [1.29, 1.82) is 0 Å². The molecule has 1 heterocycles. The Kier molecular flexibility index (Phi) is 4.07. The Morgan fingerprint density at radius 1 is 0.519 bits per heavy atom. The molecule has 0 saturated heterocycles. The highest BCUT2D eigenvalue weighted by atomic mass is 14.7. The van der Waals surface area contributed by atoms with Crippen molar-refractivity contribution in [3.05, 3.63) is 75.5 Å². The molecule has 0 N–H and O–H groups in total. The average Bonchev–Trinajstić information content (AvgIpc) is 2.67. The van der Waals surface area contributed by atoms with Crippen LogP contribution in [0.2, 0.25) is 0 Å². The summed E-state index contributed by atoms with van der Waals surface area (Å²) >= 11 is 0. The molecule has 0 radical (unpaired) electrons. The summed E-state index contributed by atoms with van der Waals surface area (Å²) in [6.45, 7) is 15.5. The number of benzene rings is 3. The number of pyridine rings is 1. The minimum atomic E-state index is 1.09. The lowest BCUT2D eigenvalue weighted by molar-refractivity contribution is 1.21. The summed E-state index contributed by atoms with van der Waals surface area (Å²) in [5.74, 6) is 0. The van der Waals surface area contributed by atoms with Gasteiger partial charge in [-0.2, -0.15) is 0 Å². The van der Waals surface area contributed by atoms with Gasteiger partial charge in [-0.05, 0) is 116 Å². The minimum Gasteiger partial charge on any atom is -0.256 e. The van der Waals surface area contributed by atoms with Gasteiger partial charge in [0.15, 0.2) is 0 Å². The highest BCUT2D eigenvalue weighted by molar-refractivity contribution is 6.12. The van der Waals surface area contributed by atoms with Crippen LogP contribution in [0.1, 0.15) is 38.9 Å². The van der Waals surface area contributed by atoms with E-state index >= 15 is 0 Å². The van der Waals surface area contributed by atoms with Crippen LogP contribution in [-0.4, -0.2) is 4.98 Å². The molecule has 0 amide bonds. The molecule has 1 aromatic heterocycles. The molecule has 27 heavy (non-hydrogen) atoms. The molecule has 0 unspecified atom stereocenters. The van der Waals surface area contributed by atoms with E-state index in [1.165, 1.54) is 66.1 Å². The SMILES string of the molecule is Cc1cc(-c2nccc3c2ccc2c(C)c(C)c(C)cc23)c(C)c(C)c1C. The number of fused-ring (bicyclic) bond motifs is 3. The Morgan fingerprint density at radius 3 is 1.89 bits per heavy atom. The van der Waals surface area contributed by atoms with Crippen molar-refractivity contribution >= 4 is 21.5 Å². The van der Waals surface area contributed by atoms with E-state index in [-0.39, 0.29) is 0 Å².